The number of rotatable bonds is 1. The van der Waals surface area contributed by atoms with Crippen molar-refractivity contribution in [3.8, 4) is 0 Å². The van der Waals surface area contributed by atoms with Crippen molar-refractivity contribution in [2.45, 2.75) is 32.6 Å². The molecule has 1 atom stereocenters. The molecule has 1 aromatic heterocycles. The van der Waals surface area contributed by atoms with Crippen molar-refractivity contribution in [1.29, 1.82) is 0 Å². The highest BCUT2D eigenvalue weighted by Crippen LogP contribution is 2.49. The number of aromatic nitrogens is 2. The van der Waals surface area contributed by atoms with Gasteiger partial charge in [-0.25, -0.2) is 4.79 Å². The number of hydrogen-bond donors (Lipinski definition) is 3. The van der Waals surface area contributed by atoms with Gasteiger partial charge in [-0.3, -0.25) is 19.6 Å². The number of anilines is 1. The number of carbonyl (C=O) groups is 1. The van der Waals surface area contributed by atoms with Gasteiger partial charge in [0.2, 0.25) is 0 Å². The first-order valence-electron chi connectivity index (χ1n) is 8.51. The van der Waals surface area contributed by atoms with Gasteiger partial charge < -0.3 is 5.32 Å². The lowest BCUT2D eigenvalue weighted by atomic mass is 9.68. The largest absolute Gasteiger partial charge is 0.338 e. The molecule has 0 unspecified atom stereocenters. The maximum atomic E-state index is 12.8. The minimum atomic E-state index is -0.639. The maximum Gasteiger partial charge on any atom is 0.327 e. The first-order valence-corrected chi connectivity index (χ1v) is 9.26. The third-order valence-corrected chi connectivity index (χ3v) is 5.61. The predicted molar refractivity (Wildman–Crippen MR) is 105 cm³/mol. The maximum absolute atomic E-state index is 12.8. The number of nitrogens with one attached hydrogen (secondary N) is 3. The van der Waals surface area contributed by atoms with Crippen molar-refractivity contribution >= 4 is 34.8 Å². The minimum absolute atomic E-state index is 0.0527. The standard InChI is InChI=1S/C19H17Cl2N3O3/c1-19(2)6-10-13(9-4-3-8(20)5-11(9)21)14-16(22-15(10)12(25)7-19)23-18(27)24-17(14)26/h3-5,13H,6-7H2,1-2H3,(H3,22,23,24,26,27)/t13-/m1/s1. The van der Waals surface area contributed by atoms with Crippen LogP contribution in [-0.4, -0.2) is 15.8 Å². The second kappa shape index (κ2) is 6.11. The van der Waals surface area contributed by atoms with Crippen LogP contribution >= 0.6 is 23.2 Å². The van der Waals surface area contributed by atoms with Crippen molar-refractivity contribution in [1.82, 2.24) is 9.97 Å². The summed E-state index contributed by atoms with van der Waals surface area (Å²) in [6.07, 6.45) is 0.991. The van der Waals surface area contributed by atoms with Gasteiger partial charge in [-0.05, 0) is 35.1 Å². The van der Waals surface area contributed by atoms with E-state index in [1.165, 1.54) is 0 Å². The Balaban J connectivity index is 2.04. The Morgan fingerprint density at radius 3 is 2.52 bits per heavy atom. The van der Waals surface area contributed by atoms with E-state index in [1.807, 2.05) is 13.8 Å². The van der Waals surface area contributed by atoms with Gasteiger partial charge in [0.1, 0.15) is 5.82 Å². The van der Waals surface area contributed by atoms with Crippen LogP contribution in [0.25, 0.3) is 0 Å². The summed E-state index contributed by atoms with van der Waals surface area (Å²) in [5, 5.41) is 3.86. The summed E-state index contributed by atoms with van der Waals surface area (Å²) in [6.45, 7) is 4.03. The molecule has 0 bridgehead atoms. The molecule has 2 aliphatic rings. The van der Waals surface area contributed by atoms with E-state index in [0.717, 1.165) is 5.57 Å². The Morgan fingerprint density at radius 2 is 1.81 bits per heavy atom. The monoisotopic (exact) mass is 405 g/mol. The van der Waals surface area contributed by atoms with E-state index in [1.54, 1.807) is 18.2 Å². The van der Waals surface area contributed by atoms with Crippen molar-refractivity contribution in [2.24, 2.45) is 5.41 Å². The van der Waals surface area contributed by atoms with Crippen LogP contribution in [0.1, 0.15) is 43.7 Å². The molecular formula is C19H17Cl2N3O3. The Labute approximate surface area is 164 Å². The summed E-state index contributed by atoms with van der Waals surface area (Å²) in [6, 6.07) is 5.06. The van der Waals surface area contributed by atoms with E-state index >= 15 is 0 Å². The first kappa shape index (κ1) is 18.1. The van der Waals surface area contributed by atoms with Crippen LogP contribution in [0.4, 0.5) is 5.82 Å². The number of hydrogen-bond acceptors (Lipinski definition) is 4. The second-order valence-electron chi connectivity index (χ2n) is 7.76. The molecule has 1 aliphatic carbocycles. The Hall–Kier alpha value is -2.31. The number of H-pyrrole nitrogens is 2. The molecule has 4 rings (SSSR count). The average molecular weight is 406 g/mol. The molecule has 6 nitrogen and oxygen atoms in total. The molecule has 2 aromatic rings. The van der Waals surface area contributed by atoms with Crippen molar-refractivity contribution in [2.75, 3.05) is 5.32 Å². The van der Waals surface area contributed by atoms with Crippen LogP contribution in [0.2, 0.25) is 10.0 Å². The number of ketones is 1. The van der Waals surface area contributed by atoms with Crippen LogP contribution in [0.3, 0.4) is 0 Å². The molecule has 0 saturated heterocycles. The molecule has 27 heavy (non-hydrogen) atoms. The molecule has 0 saturated carbocycles. The molecule has 0 amide bonds. The smallest absolute Gasteiger partial charge is 0.327 e. The van der Waals surface area contributed by atoms with E-state index in [9.17, 15) is 14.4 Å². The highest BCUT2D eigenvalue weighted by atomic mass is 35.5. The molecule has 1 aromatic carbocycles. The summed E-state index contributed by atoms with van der Waals surface area (Å²) < 4.78 is 0. The fraction of sp³-hybridized carbons (Fsp3) is 0.316. The highest BCUT2D eigenvalue weighted by molar-refractivity contribution is 6.35. The van der Waals surface area contributed by atoms with Gasteiger partial charge >= 0.3 is 5.69 Å². The number of fused-ring (bicyclic) bond motifs is 1. The zero-order valence-corrected chi connectivity index (χ0v) is 16.2. The van der Waals surface area contributed by atoms with Gasteiger partial charge in [0.25, 0.3) is 5.56 Å². The summed E-state index contributed by atoms with van der Waals surface area (Å²) >= 11 is 12.5. The van der Waals surface area contributed by atoms with Crippen LogP contribution in [-0.2, 0) is 4.79 Å². The molecule has 3 N–H and O–H groups in total. The first-order chi connectivity index (χ1) is 12.7. The average Bonchev–Trinajstić information content (AvgIpc) is 2.53. The van der Waals surface area contributed by atoms with Gasteiger partial charge in [-0.2, -0.15) is 0 Å². The third kappa shape index (κ3) is 3.03. The lowest BCUT2D eigenvalue weighted by molar-refractivity contribution is -0.118. The lowest BCUT2D eigenvalue weighted by Crippen LogP contribution is -2.39. The Morgan fingerprint density at radius 1 is 1.07 bits per heavy atom. The van der Waals surface area contributed by atoms with Crippen LogP contribution in [0, 0.1) is 5.41 Å². The second-order valence-corrected chi connectivity index (χ2v) is 8.61. The van der Waals surface area contributed by atoms with Crippen molar-refractivity contribution in [3.05, 3.63) is 71.5 Å². The van der Waals surface area contributed by atoms with E-state index in [4.69, 9.17) is 23.2 Å². The van der Waals surface area contributed by atoms with E-state index in [2.05, 4.69) is 15.3 Å². The molecule has 0 fully saturated rings. The zero-order valence-electron chi connectivity index (χ0n) is 14.7. The van der Waals surface area contributed by atoms with Gasteiger partial charge in [-0.1, -0.05) is 43.1 Å². The van der Waals surface area contributed by atoms with E-state index in [-0.39, 0.29) is 17.0 Å². The van der Waals surface area contributed by atoms with Crippen LogP contribution < -0.4 is 16.6 Å². The van der Waals surface area contributed by atoms with Gasteiger partial charge in [0.05, 0.1) is 11.3 Å². The molecule has 0 radical (unpaired) electrons. The van der Waals surface area contributed by atoms with Crippen molar-refractivity contribution < 1.29 is 4.79 Å². The molecule has 0 spiro atoms. The number of aromatic amines is 2. The number of carbonyl (C=O) groups excluding carboxylic acids is 1. The lowest BCUT2D eigenvalue weighted by Gasteiger charge is -2.39. The van der Waals surface area contributed by atoms with Crippen molar-refractivity contribution in [3.63, 3.8) is 0 Å². The normalized spacial score (nSPS) is 20.7. The summed E-state index contributed by atoms with van der Waals surface area (Å²) in [4.78, 5) is 42.1. The van der Waals surface area contributed by atoms with Gasteiger partial charge in [0.15, 0.2) is 5.78 Å². The third-order valence-electron chi connectivity index (χ3n) is 5.05. The SMILES string of the molecule is CC1(C)CC(=O)C2=C(C1)[C@@H](c1ccc(Cl)cc1Cl)c1c([nH]c(=O)[nH]c1=O)N2. The number of allylic oxidation sites excluding steroid dienone is 2. The molecule has 1 aliphatic heterocycles. The Bertz CT molecular complexity index is 1130. The molecular weight excluding hydrogens is 389 g/mol. The Kier molecular flexibility index (Phi) is 4.09. The fourth-order valence-electron chi connectivity index (χ4n) is 4.01. The molecule has 140 valence electrons. The van der Waals surface area contributed by atoms with Crippen LogP contribution in [0.15, 0.2) is 39.1 Å². The minimum Gasteiger partial charge on any atom is -0.338 e. The number of halogens is 2. The van der Waals surface area contributed by atoms with Gasteiger partial charge in [-0.15, -0.1) is 0 Å². The molecule has 8 heteroatoms. The summed E-state index contributed by atoms with van der Waals surface area (Å²) in [7, 11) is 0. The summed E-state index contributed by atoms with van der Waals surface area (Å²) in [5.74, 6) is -0.375. The van der Waals surface area contributed by atoms with E-state index < -0.39 is 17.2 Å². The highest BCUT2D eigenvalue weighted by Gasteiger charge is 2.42. The predicted octanol–water partition coefficient (Wildman–Crippen LogP) is 3.57. The van der Waals surface area contributed by atoms with Gasteiger partial charge in [0, 0.05) is 22.4 Å². The fourth-order valence-corrected chi connectivity index (χ4v) is 4.53. The summed E-state index contributed by atoms with van der Waals surface area (Å²) in [5.41, 5.74) is 0.827. The zero-order chi connectivity index (χ0) is 19.5. The van der Waals surface area contributed by atoms with E-state index in [0.29, 0.717) is 39.7 Å². The quantitative estimate of drug-likeness (QED) is 0.675. The number of benzene rings is 1. The van der Waals surface area contributed by atoms with Crippen LogP contribution in [0.5, 0.6) is 0 Å². The number of Topliss-reactive ketones (excluding diaryl/α,β-unsaturated/α-hetero) is 1. The molecule has 2 heterocycles. The topological polar surface area (TPSA) is 94.8 Å².